The molecule has 4 nitrogen and oxygen atoms in total. The van der Waals surface area contributed by atoms with E-state index in [-0.39, 0.29) is 11.3 Å². The molecule has 2 rings (SSSR count). The predicted octanol–water partition coefficient (Wildman–Crippen LogP) is 3.57. The van der Waals surface area contributed by atoms with Crippen molar-refractivity contribution in [1.82, 2.24) is 10.9 Å². The quantitative estimate of drug-likeness (QED) is 0.641. The molecule has 132 valence electrons. The fourth-order valence-corrected chi connectivity index (χ4v) is 2.53. The van der Waals surface area contributed by atoms with Crippen molar-refractivity contribution in [3.63, 3.8) is 0 Å². The van der Waals surface area contributed by atoms with Crippen molar-refractivity contribution in [2.75, 3.05) is 5.75 Å². The number of hydrogen-bond donors (Lipinski definition) is 2. The molecule has 25 heavy (non-hydrogen) atoms. The molecule has 0 aliphatic carbocycles. The lowest BCUT2D eigenvalue weighted by Gasteiger charge is -2.09. The van der Waals surface area contributed by atoms with E-state index in [4.69, 9.17) is 0 Å². The van der Waals surface area contributed by atoms with Gasteiger partial charge in [0.15, 0.2) is 0 Å². The molecule has 2 N–H and O–H groups in total. The summed E-state index contributed by atoms with van der Waals surface area (Å²) < 4.78 is 37.4. The second kappa shape index (κ2) is 8.06. The largest absolute Gasteiger partial charge is 0.416 e. The Kier molecular flexibility index (Phi) is 6.08. The van der Waals surface area contributed by atoms with Crippen molar-refractivity contribution in [3.05, 3.63) is 65.2 Å². The third-order valence-corrected chi connectivity index (χ3v) is 4.19. The molecule has 8 heteroatoms. The van der Waals surface area contributed by atoms with E-state index < -0.39 is 23.6 Å². The Hall–Kier alpha value is -2.48. The molecule has 0 radical (unpaired) electrons. The van der Waals surface area contributed by atoms with Gasteiger partial charge in [-0.15, -0.1) is 11.8 Å². The van der Waals surface area contributed by atoms with Gasteiger partial charge in [-0.3, -0.25) is 20.4 Å². The molecule has 0 atom stereocenters. The maximum Gasteiger partial charge on any atom is 0.416 e. The average molecular weight is 368 g/mol. The van der Waals surface area contributed by atoms with Gasteiger partial charge in [0.1, 0.15) is 0 Å². The van der Waals surface area contributed by atoms with Crippen LogP contribution in [0.5, 0.6) is 0 Å². The lowest BCUT2D eigenvalue weighted by Crippen LogP contribution is -2.42. The van der Waals surface area contributed by atoms with Crippen molar-refractivity contribution in [2.45, 2.75) is 18.0 Å². The van der Waals surface area contributed by atoms with Crippen molar-refractivity contribution >= 4 is 23.6 Å². The normalized spacial score (nSPS) is 11.0. The highest BCUT2D eigenvalue weighted by atomic mass is 32.2. The van der Waals surface area contributed by atoms with Crippen LogP contribution in [0.3, 0.4) is 0 Å². The van der Waals surface area contributed by atoms with Crippen molar-refractivity contribution < 1.29 is 22.8 Å². The van der Waals surface area contributed by atoms with E-state index in [9.17, 15) is 22.8 Å². The summed E-state index contributed by atoms with van der Waals surface area (Å²) in [6.07, 6.45) is -4.46. The summed E-state index contributed by atoms with van der Waals surface area (Å²) in [5.74, 6) is -1.02. The Morgan fingerprint density at radius 1 is 0.960 bits per heavy atom. The zero-order valence-electron chi connectivity index (χ0n) is 13.2. The van der Waals surface area contributed by atoms with Gasteiger partial charge < -0.3 is 0 Å². The SMILES string of the molecule is Cc1ccc(SCC(=O)NNC(=O)c2ccc(C(F)(F)F)cc2)cc1. The maximum atomic E-state index is 12.5. The monoisotopic (exact) mass is 368 g/mol. The molecular formula is C17H15F3N2O2S. The molecule has 0 aliphatic heterocycles. The zero-order valence-corrected chi connectivity index (χ0v) is 14.0. The second-order valence-corrected chi connectivity index (χ2v) is 6.23. The number of alkyl halides is 3. The highest BCUT2D eigenvalue weighted by molar-refractivity contribution is 8.00. The number of nitrogens with one attached hydrogen (secondary N) is 2. The number of carbonyl (C=O) groups is 2. The minimum absolute atomic E-state index is 0.0134. The summed E-state index contributed by atoms with van der Waals surface area (Å²) in [6.45, 7) is 1.96. The smallest absolute Gasteiger partial charge is 0.272 e. The van der Waals surface area contributed by atoms with E-state index in [1.54, 1.807) is 0 Å². The molecule has 0 saturated carbocycles. The standard InChI is InChI=1S/C17H15F3N2O2S/c1-11-2-8-14(9-3-11)25-10-15(23)21-22-16(24)12-4-6-13(7-5-12)17(18,19)20/h2-9H,10H2,1H3,(H,21,23)(H,22,24). The Balaban J connectivity index is 1.80. The Bertz CT molecular complexity index is 744. The summed E-state index contributed by atoms with van der Waals surface area (Å²) in [5.41, 5.74) is 4.67. The van der Waals surface area contributed by atoms with Gasteiger partial charge in [-0.25, -0.2) is 0 Å². The third kappa shape index (κ3) is 5.82. The van der Waals surface area contributed by atoms with Gasteiger partial charge in [0.05, 0.1) is 11.3 Å². The number of amides is 2. The fraction of sp³-hybridized carbons (Fsp3) is 0.176. The number of aryl methyl sites for hydroxylation is 1. The highest BCUT2D eigenvalue weighted by Crippen LogP contribution is 2.29. The van der Waals surface area contributed by atoms with Crippen LogP contribution in [0.2, 0.25) is 0 Å². The molecule has 0 unspecified atom stereocenters. The van der Waals surface area contributed by atoms with Crippen LogP contribution in [0.15, 0.2) is 53.4 Å². The molecule has 2 aromatic rings. The predicted molar refractivity (Wildman–Crippen MR) is 89.0 cm³/mol. The average Bonchev–Trinajstić information content (AvgIpc) is 2.58. The molecule has 0 saturated heterocycles. The molecular weight excluding hydrogens is 353 g/mol. The van der Waals surface area contributed by atoms with E-state index in [1.807, 2.05) is 31.2 Å². The van der Waals surface area contributed by atoms with Gasteiger partial charge in [-0.1, -0.05) is 17.7 Å². The van der Waals surface area contributed by atoms with Crippen LogP contribution in [0.4, 0.5) is 13.2 Å². The zero-order chi connectivity index (χ0) is 18.4. The summed E-state index contributed by atoms with van der Waals surface area (Å²) in [5, 5.41) is 0. The molecule has 2 aromatic carbocycles. The van der Waals surface area contributed by atoms with Crippen molar-refractivity contribution in [3.8, 4) is 0 Å². The first-order chi connectivity index (χ1) is 11.8. The van der Waals surface area contributed by atoms with E-state index in [1.165, 1.54) is 11.8 Å². The van der Waals surface area contributed by atoms with Gasteiger partial charge in [0, 0.05) is 10.5 Å². The topological polar surface area (TPSA) is 58.2 Å². The number of thioether (sulfide) groups is 1. The molecule has 0 bridgehead atoms. The Morgan fingerprint density at radius 3 is 2.12 bits per heavy atom. The van der Waals surface area contributed by atoms with Crippen LogP contribution < -0.4 is 10.9 Å². The molecule has 0 aliphatic rings. The highest BCUT2D eigenvalue weighted by Gasteiger charge is 2.30. The number of hydrazine groups is 1. The number of hydrogen-bond acceptors (Lipinski definition) is 3. The lowest BCUT2D eigenvalue weighted by atomic mass is 10.1. The molecule has 2 amide bonds. The first kappa shape index (κ1) is 18.9. The van der Waals surface area contributed by atoms with Gasteiger partial charge in [0.25, 0.3) is 5.91 Å². The van der Waals surface area contributed by atoms with Gasteiger partial charge in [-0.05, 0) is 43.3 Å². The van der Waals surface area contributed by atoms with Crippen LogP contribution in [-0.2, 0) is 11.0 Å². The van der Waals surface area contributed by atoms with Crippen LogP contribution >= 0.6 is 11.8 Å². The minimum Gasteiger partial charge on any atom is -0.272 e. The second-order valence-electron chi connectivity index (χ2n) is 5.18. The summed E-state index contributed by atoms with van der Waals surface area (Å²) >= 11 is 1.30. The number of halogens is 3. The van der Waals surface area contributed by atoms with Gasteiger partial charge in [-0.2, -0.15) is 13.2 Å². The van der Waals surface area contributed by atoms with Gasteiger partial charge >= 0.3 is 6.18 Å². The van der Waals surface area contributed by atoms with E-state index in [0.29, 0.717) is 0 Å². The van der Waals surface area contributed by atoms with E-state index >= 15 is 0 Å². The minimum atomic E-state index is -4.46. The molecule has 0 spiro atoms. The lowest BCUT2D eigenvalue weighted by molar-refractivity contribution is -0.137. The molecule has 0 aromatic heterocycles. The first-order valence-corrected chi connectivity index (χ1v) is 8.20. The summed E-state index contributed by atoms with van der Waals surface area (Å²) in [4.78, 5) is 24.4. The number of benzene rings is 2. The maximum absolute atomic E-state index is 12.5. The molecule has 0 heterocycles. The van der Waals surface area contributed by atoms with Crippen LogP contribution in [0.1, 0.15) is 21.5 Å². The number of rotatable bonds is 4. The van der Waals surface area contributed by atoms with Crippen molar-refractivity contribution in [2.24, 2.45) is 0 Å². The Labute approximate surface area is 146 Å². The van der Waals surface area contributed by atoms with E-state index in [2.05, 4.69) is 10.9 Å². The van der Waals surface area contributed by atoms with Crippen molar-refractivity contribution in [1.29, 1.82) is 0 Å². The third-order valence-electron chi connectivity index (χ3n) is 3.18. The fourth-order valence-electron chi connectivity index (χ4n) is 1.83. The van der Waals surface area contributed by atoms with Crippen LogP contribution in [0, 0.1) is 6.92 Å². The number of carbonyl (C=O) groups excluding carboxylic acids is 2. The first-order valence-electron chi connectivity index (χ1n) is 7.21. The molecule has 0 fully saturated rings. The van der Waals surface area contributed by atoms with E-state index in [0.717, 1.165) is 34.7 Å². The summed E-state index contributed by atoms with van der Waals surface area (Å²) in [6, 6.07) is 11.3. The summed E-state index contributed by atoms with van der Waals surface area (Å²) in [7, 11) is 0. The van der Waals surface area contributed by atoms with Gasteiger partial charge in [0.2, 0.25) is 5.91 Å². The van der Waals surface area contributed by atoms with Crippen LogP contribution in [0.25, 0.3) is 0 Å². The Morgan fingerprint density at radius 2 is 1.56 bits per heavy atom. The van der Waals surface area contributed by atoms with Crippen LogP contribution in [-0.4, -0.2) is 17.6 Å².